The van der Waals surface area contributed by atoms with E-state index in [1.807, 2.05) is 0 Å². The van der Waals surface area contributed by atoms with Gasteiger partial charge in [0.1, 0.15) is 12.6 Å². The van der Waals surface area contributed by atoms with Crippen molar-refractivity contribution in [1.29, 1.82) is 0 Å². The summed E-state index contributed by atoms with van der Waals surface area (Å²) < 4.78 is 26.0. The second-order valence-electron chi connectivity index (χ2n) is 7.90. The average molecular weight is 569 g/mol. The lowest BCUT2D eigenvalue weighted by molar-refractivity contribution is -0.139. The molecule has 1 N–H and O–H groups in total. The first-order valence-electron chi connectivity index (χ1n) is 10.2. The number of sulfonamides is 1. The summed E-state index contributed by atoms with van der Waals surface area (Å²) in [7, 11) is -3.95. The molecule has 0 fully saturated rings. The Kier molecular flexibility index (Phi) is 9.91. The fraction of sp³-hybridized carbons (Fsp3) is 0.364. The number of carbonyl (C=O) groups is 2. The van der Waals surface area contributed by atoms with Crippen molar-refractivity contribution in [3.8, 4) is 0 Å². The highest BCUT2D eigenvalue weighted by atomic mass is 35.5. The van der Waals surface area contributed by atoms with Gasteiger partial charge in [0.05, 0.1) is 22.0 Å². The zero-order chi connectivity index (χ0) is 25.8. The number of halogens is 4. The van der Waals surface area contributed by atoms with Crippen LogP contribution in [0.5, 0.6) is 0 Å². The molecule has 0 radical (unpaired) electrons. The Hall–Kier alpha value is -1.71. The molecule has 0 saturated carbocycles. The summed E-state index contributed by atoms with van der Waals surface area (Å²) >= 11 is 24.9. The molecule has 7 nitrogen and oxygen atoms in total. The van der Waals surface area contributed by atoms with Crippen LogP contribution < -0.4 is 9.62 Å². The number of anilines is 1. The highest BCUT2D eigenvalue weighted by molar-refractivity contribution is 7.92. The summed E-state index contributed by atoms with van der Waals surface area (Å²) in [5.74, 6) is -1.08. The highest BCUT2D eigenvalue weighted by Crippen LogP contribution is 2.34. The number of rotatable bonds is 9. The van der Waals surface area contributed by atoms with Gasteiger partial charge in [0.2, 0.25) is 21.8 Å². The first-order chi connectivity index (χ1) is 15.7. The average Bonchev–Trinajstić information content (AvgIpc) is 2.72. The van der Waals surface area contributed by atoms with E-state index in [9.17, 15) is 18.0 Å². The Morgan fingerprint density at radius 3 is 2.00 bits per heavy atom. The third-order valence-corrected chi connectivity index (χ3v) is 7.51. The molecule has 0 aromatic heterocycles. The van der Waals surface area contributed by atoms with Crippen molar-refractivity contribution < 1.29 is 18.0 Å². The normalized spacial score (nSPS) is 12.4. The minimum Gasteiger partial charge on any atom is -0.352 e. The number of benzene rings is 2. The van der Waals surface area contributed by atoms with Crippen LogP contribution in [0.4, 0.5) is 5.69 Å². The molecule has 2 amide bonds. The van der Waals surface area contributed by atoms with Crippen molar-refractivity contribution in [3.05, 3.63) is 62.1 Å². The SMILES string of the molecule is CC(C)NC(=O)C(C)N(Cc1c(Cl)cccc1Cl)C(=O)CN(c1cccc(Cl)c1Cl)S(C)(=O)=O. The van der Waals surface area contributed by atoms with Crippen LogP contribution in [-0.4, -0.2) is 50.0 Å². The van der Waals surface area contributed by atoms with E-state index in [0.717, 1.165) is 10.6 Å². The number of carbonyl (C=O) groups excluding carboxylic acids is 2. The van der Waals surface area contributed by atoms with Crippen molar-refractivity contribution in [3.63, 3.8) is 0 Å². The van der Waals surface area contributed by atoms with E-state index in [-0.39, 0.29) is 28.3 Å². The third-order valence-electron chi connectivity index (χ3n) is 4.87. The smallest absolute Gasteiger partial charge is 0.244 e. The lowest BCUT2D eigenvalue weighted by Crippen LogP contribution is -2.52. The molecule has 0 aliphatic heterocycles. The molecule has 0 bridgehead atoms. The van der Waals surface area contributed by atoms with Crippen molar-refractivity contribution in [2.45, 2.75) is 39.4 Å². The molecule has 1 unspecified atom stereocenters. The van der Waals surface area contributed by atoms with Crippen LogP contribution in [0.2, 0.25) is 20.1 Å². The number of hydrogen-bond acceptors (Lipinski definition) is 4. The molecule has 2 rings (SSSR count). The molecule has 0 spiro atoms. The van der Waals surface area contributed by atoms with Gasteiger partial charge in [-0.25, -0.2) is 8.42 Å². The van der Waals surface area contributed by atoms with E-state index < -0.39 is 34.4 Å². The number of hydrogen-bond donors (Lipinski definition) is 1. The summed E-state index contributed by atoms with van der Waals surface area (Å²) in [6.07, 6.45) is 0.946. The monoisotopic (exact) mass is 567 g/mol. The summed E-state index contributed by atoms with van der Waals surface area (Å²) in [5.41, 5.74) is 0.468. The molecule has 2 aromatic rings. The first-order valence-corrected chi connectivity index (χ1v) is 13.5. The zero-order valence-corrected chi connectivity index (χ0v) is 22.8. The van der Waals surface area contributed by atoms with Crippen LogP contribution in [0.15, 0.2) is 36.4 Å². The highest BCUT2D eigenvalue weighted by Gasteiger charge is 2.32. The predicted octanol–water partition coefficient (Wildman–Crippen LogP) is 5.01. The second kappa shape index (κ2) is 11.8. The molecule has 0 aliphatic carbocycles. The van der Waals surface area contributed by atoms with E-state index in [1.165, 1.54) is 30.0 Å². The maximum absolute atomic E-state index is 13.5. The topological polar surface area (TPSA) is 86.8 Å². The van der Waals surface area contributed by atoms with Gasteiger partial charge < -0.3 is 10.2 Å². The van der Waals surface area contributed by atoms with Gasteiger partial charge in [0, 0.05) is 28.2 Å². The maximum atomic E-state index is 13.5. The van der Waals surface area contributed by atoms with Crippen LogP contribution in [0, 0.1) is 0 Å². The molecule has 1 atom stereocenters. The number of nitrogens with one attached hydrogen (secondary N) is 1. The van der Waals surface area contributed by atoms with Gasteiger partial charge in [-0.15, -0.1) is 0 Å². The van der Waals surface area contributed by atoms with E-state index >= 15 is 0 Å². The van der Waals surface area contributed by atoms with Crippen molar-refractivity contribution >= 4 is 73.9 Å². The quantitative estimate of drug-likeness (QED) is 0.461. The van der Waals surface area contributed by atoms with Crippen molar-refractivity contribution in [2.24, 2.45) is 0 Å². The van der Waals surface area contributed by atoms with Gasteiger partial charge in [-0.05, 0) is 45.0 Å². The third kappa shape index (κ3) is 7.15. The fourth-order valence-corrected chi connectivity index (χ4v) is 4.94. The van der Waals surface area contributed by atoms with Crippen LogP contribution >= 0.6 is 46.4 Å². The van der Waals surface area contributed by atoms with Gasteiger partial charge in [-0.1, -0.05) is 58.5 Å². The molecule has 34 heavy (non-hydrogen) atoms. The Balaban J connectivity index is 2.50. The van der Waals surface area contributed by atoms with E-state index in [4.69, 9.17) is 46.4 Å². The molecular formula is C22H25Cl4N3O4S. The van der Waals surface area contributed by atoms with E-state index in [2.05, 4.69) is 5.32 Å². The van der Waals surface area contributed by atoms with Gasteiger partial charge in [-0.2, -0.15) is 0 Å². The summed E-state index contributed by atoms with van der Waals surface area (Å²) in [4.78, 5) is 27.5. The van der Waals surface area contributed by atoms with Crippen LogP contribution in [0.3, 0.4) is 0 Å². The Morgan fingerprint density at radius 2 is 1.47 bits per heavy atom. The van der Waals surface area contributed by atoms with Crippen LogP contribution in [-0.2, 0) is 26.2 Å². The minimum absolute atomic E-state index is 0.0197. The Labute approximate surface area is 220 Å². The predicted molar refractivity (Wildman–Crippen MR) is 138 cm³/mol. The standard InChI is InChI=1S/C22H25Cl4N3O4S/c1-13(2)27-22(31)14(3)28(11-15-16(23)7-5-8-17(15)24)20(30)12-29(34(4,32)33)19-10-6-9-18(25)21(19)26/h5-10,13-14H,11-12H2,1-4H3,(H,27,31). The van der Waals surface area contributed by atoms with E-state index in [0.29, 0.717) is 15.6 Å². The van der Waals surface area contributed by atoms with Gasteiger partial charge in [0.15, 0.2) is 0 Å². The Bertz CT molecular complexity index is 1150. The van der Waals surface area contributed by atoms with Crippen molar-refractivity contribution in [2.75, 3.05) is 17.1 Å². The summed E-state index contributed by atoms with van der Waals surface area (Å²) in [6.45, 7) is 4.37. The summed E-state index contributed by atoms with van der Waals surface area (Å²) in [5, 5.41) is 3.48. The largest absolute Gasteiger partial charge is 0.352 e. The van der Waals surface area contributed by atoms with Crippen molar-refractivity contribution in [1.82, 2.24) is 10.2 Å². The molecule has 12 heteroatoms. The second-order valence-corrected chi connectivity index (χ2v) is 11.4. The molecule has 186 valence electrons. The zero-order valence-electron chi connectivity index (χ0n) is 19.0. The lowest BCUT2D eigenvalue weighted by atomic mass is 10.1. The summed E-state index contributed by atoms with van der Waals surface area (Å²) in [6, 6.07) is 8.20. The van der Waals surface area contributed by atoms with Gasteiger partial charge in [0.25, 0.3) is 0 Å². The molecule has 0 saturated heterocycles. The van der Waals surface area contributed by atoms with Gasteiger partial charge >= 0.3 is 0 Å². The molecule has 2 aromatic carbocycles. The van der Waals surface area contributed by atoms with Gasteiger partial charge in [-0.3, -0.25) is 13.9 Å². The lowest BCUT2D eigenvalue weighted by Gasteiger charge is -2.32. The molecular weight excluding hydrogens is 544 g/mol. The van der Waals surface area contributed by atoms with E-state index in [1.54, 1.807) is 32.0 Å². The maximum Gasteiger partial charge on any atom is 0.244 e. The Morgan fingerprint density at radius 1 is 0.941 bits per heavy atom. The fourth-order valence-electron chi connectivity index (χ4n) is 3.12. The minimum atomic E-state index is -3.95. The van der Waals surface area contributed by atoms with Crippen LogP contribution in [0.1, 0.15) is 26.3 Å². The first kappa shape index (κ1) is 28.5. The number of amides is 2. The molecule has 0 heterocycles. The number of nitrogens with zero attached hydrogens (tertiary/aromatic N) is 2. The molecule has 0 aliphatic rings. The van der Waals surface area contributed by atoms with Crippen LogP contribution in [0.25, 0.3) is 0 Å².